The Morgan fingerprint density at radius 2 is 1.87 bits per heavy atom. The third kappa shape index (κ3) is 3.88. The number of halogens is 1. The molecule has 1 fully saturated rings. The van der Waals surface area contributed by atoms with E-state index in [-0.39, 0.29) is 4.90 Å². The molecule has 1 aliphatic rings. The quantitative estimate of drug-likeness (QED) is 0.538. The number of nitrogens with zero attached hydrogens (tertiary/aromatic N) is 3. The van der Waals surface area contributed by atoms with Crippen molar-refractivity contribution in [3.8, 4) is 0 Å². The highest BCUT2D eigenvalue weighted by Crippen LogP contribution is 2.25. The normalized spacial score (nSPS) is 15.7. The third-order valence-corrected chi connectivity index (χ3v) is 8.23. The number of sulfonamides is 1. The lowest BCUT2D eigenvalue weighted by Gasteiger charge is -2.15. The Morgan fingerprint density at radius 3 is 2.53 bits per heavy atom. The van der Waals surface area contributed by atoms with Gasteiger partial charge in [-0.25, -0.2) is 8.42 Å². The Hall–Kier alpha value is -2.26. The average Bonchev–Trinajstić information content (AvgIpc) is 3.38. The first kappa shape index (κ1) is 21.0. The van der Waals surface area contributed by atoms with Crippen LogP contribution in [0.2, 0.25) is 5.02 Å². The Kier molecular flexibility index (Phi) is 5.92. The number of benzene rings is 2. The van der Waals surface area contributed by atoms with E-state index in [1.54, 1.807) is 12.1 Å². The predicted octanol–water partition coefficient (Wildman–Crippen LogP) is 4.07. The molecule has 0 radical (unpaired) electrons. The van der Waals surface area contributed by atoms with E-state index in [0.29, 0.717) is 35.0 Å². The summed E-state index contributed by atoms with van der Waals surface area (Å²) in [5, 5.41) is 0.580. The van der Waals surface area contributed by atoms with E-state index in [4.69, 9.17) is 11.6 Å². The summed E-state index contributed by atoms with van der Waals surface area (Å²) in [5.41, 5.74) is 1.13. The molecule has 1 saturated heterocycles. The molecule has 156 valence electrons. The number of aromatic nitrogens is 1. The van der Waals surface area contributed by atoms with Crippen molar-refractivity contribution in [3.63, 3.8) is 0 Å². The number of thiazole rings is 1. The first-order valence-electron chi connectivity index (χ1n) is 9.50. The summed E-state index contributed by atoms with van der Waals surface area (Å²) < 4.78 is 29.5. The van der Waals surface area contributed by atoms with Gasteiger partial charge in [-0.2, -0.15) is 9.30 Å². The van der Waals surface area contributed by atoms with Crippen molar-refractivity contribution in [2.24, 2.45) is 4.99 Å². The standard InChI is InChI=1S/C21H20ClN3O3S2/c1-2-12-25-19-17(22)6-5-7-18(19)29-21(25)23-20(26)15-8-10-16(11-9-15)30(27,28)24-13-3-4-14-24/h2,5-11H,1,3-4,12-14H2. The minimum absolute atomic E-state index is 0.191. The highest BCUT2D eigenvalue weighted by Gasteiger charge is 2.27. The summed E-state index contributed by atoms with van der Waals surface area (Å²) in [5.74, 6) is -0.444. The van der Waals surface area contributed by atoms with Crippen LogP contribution in [0.4, 0.5) is 0 Å². The van der Waals surface area contributed by atoms with E-state index < -0.39 is 15.9 Å². The van der Waals surface area contributed by atoms with Crippen molar-refractivity contribution in [2.45, 2.75) is 24.3 Å². The van der Waals surface area contributed by atoms with Crippen molar-refractivity contribution in [1.82, 2.24) is 8.87 Å². The van der Waals surface area contributed by atoms with E-state index in [1.165, 1.54) is 39.9 Å². The van der Waals surface area contributed by atoms with E-state index in [9.17, 15) is 13.2 Å². The Morgan fingerprint density at radius 1 is 1.17 bits per heavy atom. The second kappa shape index (κ2) is 8.47. The van der Waals surface area contributed by atoms with Gasteiger partial charge >= 0.3 is 0 Å². The Bertz CT molecular complexity index is 1290. The molecule has 0 N–H and O–H groups in total. The molecule has 0 spiro atoms. The van der Waals surface area contributed by atoms with Crippen LogP contribution in [0.15, 0.2) is 65.0 Å². The topological polar surface area (TPSA) is 71.7 Å². The van der Waals surface area contributed by atoms with Gasteiger partial charge in [-0.05, 0) is 49.2 Å². The number of rotatable bonds is 5. The van der Waals surface area contributed by atoms with Crippen molar-refractivity contribution in [2.75, 3.05) is 13.1 Å². The summed E-state index contributed by atoms with van der Waals surface area (Å²) in [7, 11) is -3.51. The molecule has 3 aromatic rings. The second-order valence-corrected chi connectivity index (χ2v) is 10.3. The number of carbonyl (C=O) groups excluding carboxylic acids is 1. The number of amides is 1. The maximum absolute atomic E-state index is 12.8. The van der Waals surface area contributed by atoms with Gasteiger partial charge in [0.2, 0.25) is 10.0 Å². The van der Waals surface area contributed by atoms with Crippen LogP contribution in [0, 0.1) is 0 Å². The molecule has 2 aromatic carbocycles. The molecule has 0 bridgehead atoms. The molecule has 6 nitrogen and oxygen atoms in total. The summed E-state index contributed by atoms with van der Waals surface area (Å²) in [6, 6.07) is 11.5. The van der Waals surface area contributed by atoms with Gasteiger partial charge in [-0.3, -0.25) is 4.79 Å². The maximum atomic E-state index is 12.8. The van der Waals surface area contributed by atoms with E-state index >= 15 is 0 Å². The molecule has 0 unspecified atom stereocenters. The molecule has 9 heteroatoms. The highest BCUT2D eigenvalue weighted by molar-refractivity contribution is 7.89. The van der Waals surface area contributed by atoms with Crippen LogP contribution in [-0.4, -0.2) is 36.3 Å². The van der Waals surface area contributed by atoms with Gasteiger partial charge < -0.3 is 4.57 Å². The lowest BCUT2D eigenvalue weighted by Crippen LogP contribution is -2.27. The molecule has 4 rings (SSSR count). The number of carbonyl (C=O) groups is 1. The fourth-order valence-electron chi connectivity index (χ4n) is 3.47. The molecular weight excluding hydrogens is 442 g/mol. The summed E-state index contributed by atoms with van der Waals surface area (Å²) in [6.07, 6.45) is 3.47. The van der Waals surface area contributed by atoms with Crippen molar-refractivity contribution < 1.29 is 13.2 Å². The maximum Gasteiger partial charge on any atom is 0.279 e. The van der Waals surface area contributed by atoms with E-state index in [1.807, 2.05) is 16.7 Å². The van der Waals surface area contributed by atoms with Gasteiger partial charge in [0.1, 0.15) is 0 Å². The van der Waals surface area contributed by atoms with Gasteiger partial charge in [-0.15, -0.1) is 6.58 Å². The predicted molar refractivity (Wildman–Crippen MR) is 119 cm³/mol. The number of hydrogen-bond acceptors (Lipinski definition) is 4. The lowest BCUT2D eigenvalue weighted by molar-refractivity contribution is 0.0998. The second-order valence-electron chi connectivity index (χ2n) is 6.92. The highest BCUT2D eigenvalue weighted by atomic mass is 35.5. The van der Waals surface area contributed by atoms with Gasteiger partial charge in [-0.1, -0.05) is 35.1 Å². The smallest absolute Gasteiger partial charge is 0.279 e. The molecule has 1 aromatic heterocycles. The fourth-order valence-corrected chi connectivity index (χ4v) is 6.38. The van der Waals surface area contributed by atoms with Gasteiger partial charge in [0.15, 0.2) is 4.80 Å². The molecular formula is C21H20ClN3O3S2. The van der Waals surface area contributed by atoms with Gasteiger partial charge in [0.25, 0.3) is 5.91 Å². The minimum atomic E-state index is -3.51. The summed E-state index contributed by atoms with van der Waals surface area (Å²) >= 11 is 7.71. The third-order valence-electron chi connectivity index (χ3n) is 4.96. The molecule has 30 heavy (non-hydrogen) atoms. The largest absolute Gasteiger partial charge is 0.311 e. The molecule has 0 aliphatic carbocycles. The van der Waals surface area contributed by atoms with Gasteiger partial charge in [0.05, 0.1) is 20.1 Å². The zero-order chi connectivity index (χ0) is 21.3. The average molecular weight is 462 g/mol. The first-order chi connectivity index (χ1) is 14.4. The number of allylic oxidation sites excluding steroid dienone is 1. The number of hydrogen-bond donors (Lipinski definition) is 0. The van der Waals surface area contributed by atoms with Crippen molar-refractivity contribution in [3.05, 3.63) is 70.5 Å². The van der Waals surface area contributed by atoms with E-state index in [0.717, 1.165) is 23.1 Å². The van der Waals surface area contributed by atoms with Gasteiger partial charge in [0, 0.05) is 25.2 Å². The van der Waals surface area contributed by atoms with Crippen LogP contribution >= 0.6 is 22.9 Å². The van der Waals surface area contributed by atoms with E-state index in [2.05, 4.69) is 11.6 Å². The van der Waals surface area contributed by atoms with Crippen LogP contribution in [0.25, 0.3) is 10.2 Å². The summed E-state index contributed by atoms with van der Waals surface area (Å²) in [4.78, 5) is 17.7. The molecule has 0 atom stereocenters. The lowest BCUT2D eigenvalue weighted by atomic mass is 10.2. The number of fused-ring (bicyclic) bond motifs is 1. The summed E-state index contributed by atoms with van der Waals surface area (Å²) in [6.45, 7) is 5.31. The van der Waals surface area contributed by atoms with Crippen molar-refractivity contribution in [1.29, 1.82) is 0 Å². The zero-order valence-corrected chi connectivity index (χ0v) is 18.5. The molecule has 2 heterocycles. The van der Waals surface area contributed by atoms with Crippen LogP contribution in [0.3, 0.4) is 0 Å². The number of para-hydroxylation sites is 1. The Labute approximate surface area is 183 Å². The zero-order valence-electron chi connectivity index (χ0n) is 16.1. The monoisotopic (exact) mass is 461 g/mol. The van der Waals surface area contributed by atoms with Crippen molar-refractivity contribution >= 4 is 49.1 Å². The SMILES string of the molecule is C=CCn1c(=NC(=O)c2ccc(S(=O)(=O)N3CCCC3)cc2)sc2cccc(Cl)c21. The van der Waals surface area contributed by atoms with Crippen LogP contribution in [-0.2, 0) is 16.6 Å². The molecule has 1 aliphatic heterocycles. The fraction of sp³-hybridized carbons (Fsp3) is 0.238. The minimum Gasteiger partial charge on any atom is -0.311 e. The van der Waals surface area contributed by atoms with Crippen LogP contribution < -0.4 is 4.80 Å². The molecule has 1 amide bonds. The first-order valence-corrected chi connectivity index (χ1v) is 12.1. The Balaban J connectivity index is 1.69. The van der Waals surface area contributed by atoms with Crippen LogP contribution in [0.5, 0.6) is 0 Å². The van der Waals surface area contributed by atoms with Crippen LogP contribution in [0.1, 0.15) is 23.2 Å². The molecule has 0 saturated carbocycles.